The molecule has 3 heterocycles. The maximum atomic E-state index is 12.9. The van der Waals surface area contributed by atoms with E-state index in [1.54, 1.807) is 0 Å². The standard InChI is InChI=1S/C17H19N3O3S/c1-11-5-2-3-7-17(11)15(21)20(16(22)19-17)9-12-10-23-14(18-12)13-6-4-8-24-13/h4,6,8,10-11H,2-3,5,7,9H2,1H3,(H,19,22). The average Bonchev–Trinajstić information content (AvgIpc) is 3.28. The van der Waals surface area contributed by atoms with Crippen molar-refractivity contribution in [1.29, 1.82) is 0 Å². The van der Waals surface area contributed by atoms with Crippen LogP contribution >= 0.6 is 11.3 Å². The van der Waals surface area contributed by atoms with E-state index in [4.69, 9.17) is 4.42 Å². The number of thiophene rings is 1. The van der Waals surface area contributed by atoms with E-state index in [9.17, 15) is 9.59 Å². The molecule has 24 heavy (non-hydrogen) atoms. The molecule has 1 spiro atoms. The Hall–Kier alpha value is -2.15. The number of nitrogens with one attached hydrogen (secondary N) is 1. The molecule has 2 aromatic rings. The number of oxazole rings is 1. The van der Waals surface area contributed by atoms with E-state index in [1.807, 2.05) is 24.4 Å². The number of urea groups is 1. The van der Waals surface area contributed by atoms with Crippen molar-refractivity contribution in [2.45, 2.75) is 44.7 Å². The third-order valence-corrected chi connectivity index (χ3v) is 5.96. The molecule has 7 heteroatoms. The predicted octanol–water partition coefficient (Wildman–Crippen LogP) is 3.40. The van der Waals surface area contributed by atoms with Gasteiger partial charge in [0.05, 0.1) is 17.1 Å². The number of amides is 3. The normalized spacial score (nSPS) is 27.0. The predicted molar refractivity (Wildman–Crippen MR) is 89.3 cm³/mol. The Morgan fingerprint density at radius 2 is 2.33 bits per heavy atom. The van der Waals surface area contributed by atoms with E-state index in [2.05, 4.69) is 10.3 Å². The summed E-state index contributed by atoms with van der Waals surface area (Å²) in [6.07, 6.45) is 5.28. The highest BCUT2D eigenvalue weighted by Crippen LogP contribution is 2.38. The third-order valence-electron chi connectivity index (χ3n) is 5.11. The van der Waals surface area contributed by atoms with E-state index < -0.39 is 5.54 Å². The van der Waals surface area contributed by atoms with Crippen LogP contribution < -0.4 is 5.32 Å². The Balaban J connectivity index is 1.55. The van der Waals surface area contributed by atoms with Gasteiger partial charge in [0.25, 0.3) is 5.91 Å². The SMILES string of the molecule is CC1CCCCC12NC(=O)N(Cc1coc(-c3cccs3)n1)C2=O. The van der Waals surface area contributed by atoms with Gasteiger partial charge in [-0.2, -0.15) is 0 Å². The minimum absolute atomic E-state index is 0.125. The van der Waals surface area contributed by atoms with Crippen molar-refractivity contribution in [3.05, 3.63) is 29.5 Å². The fourth-order valence-corrected chi connectivity index (χ4v) is 4.35. The highest BCUT2D eigenvalue weighted by atomic mass is 32.1. The molecule has 4 rings (SSSR count). The lowest BCUT2D eigenvalue weighted by Gasteiger charge is -2.36. The van der Waals surface area contributed by atoms with E-state index >= 15 is 0 Å². The first-order valence-corrected chi connectivity index (χ1v) is 9.10. The largest absolute Gasteiger partial charge is 0.443 e. The molecule has 2 atom stereocenters. The van der Waals surface area contributed by atoms with Gasteiger partial charge in [-0.05, 0) is 30.2 Å². The Kier molecular flexibility index (Phi) is 3.68. The van der Waals surface area contributed by atoms with Crippen molar-refractivity contribution in [1.82, 2.24) is 15.2 Å². The Morgan fingerprint density at radius 1 is 1.46 bits per heavy atom. The number of rotatable bonds is 3. The highest BCUT2D eigenvalue weighted by Gasteiger charge is 2.54. The third kappa shape index (κ3) is 2.34. The van der Waals surface area contributed by atoms with Crippen LogP contribution in [0.15, 0.2) is 28.2 Å². The fourth-order valence-electron chi connectivity index (χ4n) is 3.69. The first-order chi connectivity index (χ1) is 11.6. The molecule has 126 valence electrons. The minimum atomic E-state index is -0.727. The summed E-state index contributed by atoms with van der Waals surface area (Å²) in [5, 5.41) is 4.90. The lowest BCUT2D eigenvalue weighted by molar-refractivity contribution is -0.134. The molecule has 1 saturated carbocycles. The summed E-state index contributed by atoms with van der Waals surface area (Å²) in [4.78, 5) is 31.9. The number of imide groups is 1. The summed E-state index contributed by atoms with van der Waals surface area (Å²) in [5.74, 6) is 0.555. The van der Waals surface area contributed by atoms with Gasteiger partial charge in [0.2, 0.25) is 5.89 Å². The second-order valence-electron chi connectivity index (χ2n) is 6.56. The summed E-state index contributed by atoms with van der Waals surface area (Å²) >= 11 is 1.53. The zero-order valence-corrected chi connectivity index (χ0v) is 14.3. The average molecular weight is 345 g/mol. The van der Waals surface area contributed by atoms with Crippen LogP contribution in [0.3, 0.4) is 0 Å². The molecule has 0 aromatic carbocycles. The van der Waals surface area contributed by atoms with E-state index in [1.165, 1.54) is 22.5 Å². The molecule has 2 aromatic heterocycles. The molecule has 1 saturated heterocycles. The molecule has 1 aliphatic heterocycles. The molecule has 6 nitrogen and oxygen atoms in total. The lowest BCUT2D eigenvalue weighted by Crippen LogP contribution is -2.53. The van der Waals surface area contributed by atoms with Gasteiger partial charge in [0.15, 0.2) is 0 Å². The van der Waals surface area contributed by atoms with Crippen LogP contribution in [0.2, 0.25) is 0 Å². The fraction of sp³-hybridized carbons (Fsp3) is 0.471. The van der Waals surface area contributed by atoms with E-state index in [-0.39, 0.29) is 24.4 Å². The minimum Gasteiger partial charge on any atom is -0.443 e. The Morgan fingerprint density at radius 3 is 3.08 bits per heavy atom. The number of carbonyl (C=O) groups is 2. The number of aromatic nitrogens is 1. The Bertz CT molecular complexity index is 770. The number of carbonyl (C=O) groups excluding carboxylic acids is 2. The molecular weight excluding hydrogens is 326 g/mol. The van der Waals surface area contributed by atoms with Crippen LogP contribution in [0.4, 0.5) is 4.79 Å². The van der Waals surface area contributed by atoms with Gasteiger partial charge in [0, 0.05) is 0 Å². The van der Waals surface area contributed by atoms with Crippen molar-refractivity contribution in [2.75, 3.05) is 0 Å². The molecule has 2 aliphatic rings. The number of nitrogens with zero attached hydrogens (tertiary/aromatic N) is 2. The van der Waals surface area contributed by atoms with Gasteiger partial charge in [-0.1, -0.05) is 25.8 Å². The van der Waals surface area contributed by atoms with Crippen LogP contribution in [-0.2, 0) is 11.3 Å². The summed E-state index contributed by atoms with van der Waals surface area (Å²) in [5.41, 5.74) is -0.141. The zero-order chi connectivity index (χ0) is 16.7. The molecule has 0 bridgehead atoms. The van der Waals surface area contributed by atoms with Crippen LogP contribution in [-0.4, -0.2) is 27.4 Å². The molecule has 3 amide bonds. The highest BCUT2D eigenvalue weighted by molar-refractivity contribution is 7.13. The van der Waals surface area contributed by atoms with Gasteiger partial charge in [-0.3, -0.25) is 9.69 Å². The first-order valence-electron chi connectivity index (χ1n) is 8.22. The van der Waals surface area contributed by atoms with Crippen LogP contribution in [0, 0.1) is 5.92 Å². The quantitative estimate of drug-likeness (QED) is 0.865. The maximum absolute atomic E-state index is 12.9. The van der Waals surface area contributed by atoms with Gasteiger partial charge >= 0.3 is 6.03 Å². The zero-order valence-electron chi connectivity index (χ0n) is 13.4. The second kappa shape index (κ2) is 5.73. The molecule has 0 radical (unpaired) electrons. The summed E-state index contributed by atoms with van der Waals surface area (Å²) in [6, 6.07) is 3.52. The first kappa shape index (κ1) is 15.4. The van der Waals surface area contributed by atoms with E-state index in [0.717, 1.165) is 24.1 Å². The smallest absolute Gasteiger partial charge is 0.325 e. The molecule has 2 unspecified atom stereocenters. The van der Waals surface area contributed by atoms with Crippen LogP contribution in [0.1, 0.15) is 38.3 Å². The topological polar surface area (TPSA) is 75.4 Å². The van der Waals surface area contributed by atoms with Gasteiger partial charge in [0.1, 0.15) is 11.8 Å². The summed E-state index contributed by atoms with van der Waals surface area (Å²) in [6.45, 7) is 2.19. The number of hydrogen-bond acceptors (Lipinski definition) is 5. The van der Waals surface area contributed by atoms with Crippen LogP contribution in [0.5, 0.6) is 0 Å². The van der Waals surface area contributed by atoms with Crippen molar-refractivity contribution in [2.24, 2.45) is 5.92 Å². The van der Waals surface area contributed by atoms with Crippen molar-refractivity contribution < 1.29 is 14.0 Å². The van der Waals surface area contributed by atoms with Gasteiger partial charge < -0.3 is 9.73 Å². The Labute approximate surface area is 143 Å². The monoisotopic (exact) mass is 345 g/mol. The molecule has 1 N–H and O–H groups in total. The number of hydrogen-bond donors (Lipinski definition) is 1. The van der Waals surface area contributed by atoms with Crippen molar-refractivity contribution in [3.63, 3.8) is 0 Å². The molecule has 1 aliphatic carbocycles. The summed E-state index contributed by atoms with van der Waals surface area (Å²) in [7, 11) is 0. The van der Waals surface area contributed by atoms with Crippen LogP contribution in [0.25, 0.3) is 10.8 Å². The second-order valence-corrected chi connectivity index (χ2v) is 7.51. The van der Waals surface area contributed by atoms with Gasteiger partial charge in [-0.25, -0.2) is 9.78 Å². The van der Waals surface area contributed by atoms with E-state index in [0.29, 0.717) is 18.0 Å². The summed E-state index contributed by atoms with van der Waals surface area (Å²) < 4.78 is 5.48. The van der Waals surface area contributed by atoms with Crippen molar-refractivity contribution in [3.8, 4) is 10.8 Å². The maximum Gasteiger partial charge on any atom is 0.325 e. The molecule has 2 fully saturated rings. The van der Waals surface area contributed by atoms with Gasteiger partial charge in [-0.15, -0.1) is 11.3 Å². The lowest BCUT2D eigenvalue weighted by atomic mass is 9.73. The van der Waals surface area contributed by atoms with Crippen molar-refractivity contribution >= 4 is 23.3 Å². The molecular formula is C17H19N3O3S.